The van der Waals surface area contributed by atoms with Crippen LogP contribution >= 0.6 is 11.3 Å². The minimum Gasteiger partial charge on any atom is -0.497 e. The van der Waals surface area contributed by atoms with Crippen LogP contribution in [0.3, 0.4) is 0 Å². The van der Waals surface area contributed by atoms with Gasteiger partial charge in [0.05, 0.1) is 14.2 Å². The van der Waals surface area contributed by atoms with Crippen LogP contribution in [0.1, 0.15) is 15.9 Å². The number of rotatable bonds is 5. The zero-order valence-electron chi connectivity index (χ0n) is 14.0. The van der Waals surface area contributed by atoms with Crippen molar-refractivity contribution in [1.82, 2.24) is 9.80 Å². The molecule has 1 aliphatic rings. The van der Waals surface area contributed by atoms with Crippen LogP contribution in [0.4, 0.5) is 0 Å². The second kappa shape index (κ2) is 7.68. The molecule has 1 aromatic carbocycles. The number of hydrogen-bond donors (Lipinski definition) is 0. The van der Waals surface area contributed by atoms with Gasteiger partial charge in [0.2, 0.25) is 0 Å². The molecular formula is C18H22N2O3S. The van der Waals surface area contributed by atoms with Gasteiger partial charge in [0.25, 0.3) is 5.91 Å². The van der Waals surface area contributed by atoms with E-state index in [0.717, 1.165) is 32.7 Å². The number of methoxy groups -OCH3 is 2. The van der Waals surface area contributed by atoms with Gasteiger partial charge < -0.3 is 14.4 Å². The summed E-state index contributed by atoms with van der Waals surface area (Å²) in [5.74, 6) is 1.30. The molecule has 3 rings (SSSR count). The Kier molecular flexibility index (Phi) is 5.37. The van der Waals surface area contributed by atoms with Gasteiger partial charge in [-0.15, -0.1) is 0 Å². The minimum absolute atomic E-state index is 0.0300. The van der Waals surface area contributed by atoms with E-state index >= 15 is 0 Å². The van der Waals surface area contributed by atoms with Crippen LogP contribution in [0.2, 0.25) is 0 Å². The highest BCUT2D eigenvalue weighted by atomic mass is 32.1. The van der Waals surface area contributed by atoms with Crippen LogP contribution in [0, 0.1) is 0 Å². The Hall–Kier alpha value is -2.05. The highest BCUT2D eigenvalue weighted by Crippen LogP contribution is 2.24. The first-order valence-corrected chi connectivity index (χ1v) is 8.89. The SMILES string of the molecule is COc1cc(OC)cc(C(=O)N2CCN(Cc3ccsc3)CC2)c1. The summed E-state index contributed by atoms with van der Waals surface area (Å²) in [7, 11) is 3.18. The highest BCUT2D eigenvalue weighted by Gasteiger charge is 2.23. The molecule has 0 saturated carbocycles. The fraction of sp³-hybridized carbons (Fsp3) is 0.389. The Morgan fingerprint density at radius 1 is 1.08 bits per heavy atom. The Labute approximate surface area is 146 Å². The van der Waals surface area contributed by atoms with Crippen LogP contribution in [-0.2, 0) is 6.54 Å². The van der Waals surface area contributed by atoms with Gasteiger partial charge in [-0.3, -0.25) is 9.69 Å². The number of thiophene rings is 1. The van der Waals surface area contributed by atoms with E-state index in [1.807, 2.05) is 4.90 Å². The molecule has 24 heavy (non-hydrogen) atoms. The van der Waals surface area contributed by atoms with Gasteiger partial charge >= 0.3 is 0 Å². The zero-order valence-corrected chi connectivity index (χ0v) is 14.8. The monoisotopic (exact) mass is 346 g/mol. The van der Waals surface area contributed by atoms with Gasteiger partial charge in [-0.25, -0.2) is 0 Å². The normalized spacial score (nSPS) is 15.3. The van der Waals surface area contributed by atoms with E-state index in [0.29, 0.717) is 17.1 Å². The number of hydrogen-bond acceptors (Lipinski definition) is 5. The Bertz CT molecular complexity index is 657. The molecule has 0 spiro atoms. The van der Waals surface area contributed by atoms with E-state index in [2.05, 4.69) is 21.7 Å². The van der Waals surface area contributed by atoms with Gasteiger partial charge in [-0.2, -0.15) is 11.3 Å². The molecule has 0 bridgehead atoms. The molecule has 0 N–H and O–H groups in total. The maximum atomic E-state index is 12.8. The van der Waals surface area contributed by atoms with Crippen molar-refractivity contribution >= 4 is 17.2 Å². The summed E-state index contributed by atoms with van der Waals surface area (Å²) in [5.41, 5.74) is 1.95. The first-order valence-electron chi connectivity index (χ1n) is 7.95. The zero-order chi connectivity index (χ0) is 16.9. The van der Waals surface area contributed by atoms with Crippen molar-refractivity contribution in [2.24, 2.45) is 0 Å². The summed E-state index contributed by atoms with van der Waals surface area (Å²) in [6.45, 7) is 4.22. The van der Waals surface area contributed by atoms with E-state index in [-0.39, 0.29) is 5.91 Å². The Morgan fingerprint density at radius 2 is 1.75 bits per heavy atom. The molecule has 1 saturated heterocycles. The van der Waals surface area contributed by atoms with Crippen LogP contribution in [0.15, 0.2) is 35.0 Å². The van der Waals surface area contributed by atoms with Crippen molar-refractivity contribution in [3.8, 4) is 11.5 Å². The topological polar surface area (TPSA) is 42.0 Å². The largest absolute Gasteiger partial charge is 0.497 e. The molecule has 2 heterocycles. The van der Waals surface area contributed by atoms with E-state index in [9.17, 15) is 4.79 Å². The Morgan fingerprint density at radius 3 is 2.29 bits per heavy atom. The molecular weight excluding hydrogens is 324 g/mol. The van der Waals surface area contributed by atoms with E-state index in [1.54, 1.807) is 43.8 Å². The molecule has 0 radical (unpaired) electrons. The van der Waals surface area contributed by atoms with Gasteiger partial charge in [0, 0.05) is 44.4 Å². The molecule has 0 atom stereocenters. The van der Waals surface area contributed by atoms with Crippen molar-refractivity contribution in [3.05, 3.63) is 46.2 Å². The lowest BCUT2D eigenvalue weighted by Crippen LogP contribution is -2.48. The van der Waals surface area contributed by atoms with E-state index in [4.69, 9.17) is 9.47 Å². The molecule has 5 nitrogen and oxygen atoms in total. The Balaban J connectivity index is 1.62. The van der Waals surface area contributed by atoms with Crippen LogP contribution in [0.25, 0.3) is 0 Å². The van der Waals surface area contributed by atoms with Crippen LogP contribution < -0.4 is 9.47 Å². The molecule has 2 aromatic rings. The van der Waals surface area contributed by atoms with Crippen LogP contribution in [-0.4, -0.2) is 56.1 Å². The van der Waals surface area contributed by atoms with Crippen molar-refractivity contribution in [1.29, 1.82) is 0 Å². The second-order valence-electron chi connectivity index (χ2n) is 5.80. The number of nitrogens with zero attached hydrogens (tertiary/aromatic N) is 2. The molecule has 1 fully saturated rings. The first-order chi connectivity index (χ1) is 11.7. The number of carbonyl (C=O) groups excluding carboxylic acids is 1. The number of piperazine rings is 1. The third-order valence-electron chi connectivity index (χ3n) is 4.24. The minimum atomic E-state index is 0.0300. The lowest BCUT2D eigenvalue weighted by atomic mass is 10.1. The summed E-state index contributed by atoms with van der Waals surface area (Å²) >= 11 is 1.72. The highest BCUT2D eigenvalue weighted by molar-refractivity contribution is 7.07. The molecule has 128 valence electrons. The maximum absolute atomic E-state index is 12.8. The summed E-state index contributed by atoms with van der Waals surface area (Å²) in [5, 5.41) is 4.28. The summed E-state index contributed by atoms with van der Waals surface area (Å²) in [4.78, 5) is 17.0. The molecule has 6 heteroatoms. The number of benzene rings is 1. The van der Waals surface area contributed by atoms with Crippen molar-refractivity contribution in [3.63, 3.8) is 0 Å². The summed E-state index contributed by atoms with van der Waals surface area (Å²) in [6, 6.07) is 7.46. The maximum Gasteiger partial charge on any atom is 0.254 e. The lowest BCUT2D eigenvalue weighted by Gasteiger charge is -2.34. The van der Waals surface area contributed by atoms with E-state index < -0.39 is 0 Å². The fourth-order valence-electron chi connectivity index (χ4n) is 2.86. The molecule has 1 amide bonds. The third-order valence-corrected chi connectivity index (χ3v) is 4.98. The molecule has 0 unspecified atom stereocenters. The predicted molar refractivity (Wildman–Crippen MR) is 95.0 cm³/mol. The molecule has 1 aliphatic heterocycles. The summed E-state index contributed by atoms with van der Waals surface area (Å²) in [6.07, 6.45) is 0. The van der Waals surface area contributed by atoms with Crippen LogP contribution in [0.5, 0.6) is 11.5 Å². The quantitative estimate of drug-likeness (QED) is 0.835. The third kappa shape index (κ3) is 3.88. The van der Waals surface area contributed by atoms with Crippen molar-refractivity contribution in [2.45, 2.75) is 6.54 Å². The fourth-order valence-corrected chi connectivity index (χ4v) is 3.52. The lowest BCUT2D eigenvalue weighted by molar-refractivity contribution is 0.0628. The standard InChI is InChI=1S/C18H22N2O3S/c1-22-16-9-15(10-17(11-16)23-2)18(21)20-6-4-19(5-7-20)12-14-3-8-24-13-14/h3,8-11,13H,4-7,12H2,1-2H3. The smallest absolute Gasteiger partial charge is 0.254 e. The number of carbonyl (C=O) groups is 1. The van der Waals surface area contributed by atoms with Crippen molar-refractivity contribution < 1.29 is 14.3 Å². The van der Waals surface area contributed by atoms with Gasteiger partial charge in [0.15, 0.2) is 0 Å². The van der Waals surface area contributed by atoms with Gasteiger partial charge in [-0.1, -0.05) is 0 Å². The number of ether oxygens (including phenoxy) is 2. The predicted octanol–water partition coefficient (Wildman–Crippen LogP) is 2.72. The second-order valence-corrected chi connectivity index (χ2v) is 6.58. The van der Waals surface area contributed by atoms with E-state index in [1.165, 1.54) is 5.56 Å². The van der Waals surface area contributed by atoms with Gasteiger partial charge in [0.1, 0.15) is 11.5 Å². The summed E-state index contributed by atoms with van der Waals surface area (Å²) < 4.78 is 10.5. The van der Waals surface area contributed by atoms with Gasteiger partial charge in [-0.05, 0) is 34.5 Å². The molecule has 0 aliphatic carbocycles. The average molecular weight is 346 g/mol. The number of amides is 1. The average Bonchev–Trinajstić information content (AvgIpc) is 3.14. The molecule has 1 aromatic heterocycles. The first kappa shape index (κ1) is 16.8. The van der Waals surface area contributed by atoms with Crippen molar-refractivity contribution in [2.75, 3.05) is 40.4 Å².